The first-order valence-corrected chi connectivity index (χ1v) is 10.1. The quantitative estimate of drug-likeness (QED) is 0.435. The Hall–Kier alpha value is -4.27. The van der Waals surface area contributed by atoms with Crippen molar-refractivity contribution in [3.63, 3.8) is 0 Å². The lowest BCUT2D eigenvalue weighted by Gasteiger charge is -2.09. The molecule has 8 nitrogen and oxygen atoms in total. The van der Waals surface area contributed by atoms with Crippen molar-refractivity contribution in [1.82, 2.24) is 24.4 Å². The number of amides is 1. The first kappa shape index (κ1) is 19.7. The number of anilines is 3. The molecule has 0 fully saturated rings. The van der Waals surface area contributed by atoms with Gasteiger partial charge in [-0.3, -0.25) is 9.48 Å². The molecule has 5 rings (SSSR count). The minimum absolute atomic E-state index is 0.146. The predicted octanol–water partition coefficient (Wildman–Crippen LogP) is 4.28. The molecule has 0 spiro atoms. The predicted molar refractivity (Wildman–Crippen MR) is 121 cm³/mol. The highest BCUT2D eigenvalue weighted by Gasteiger charge is 2.14. The van der Waals surface area contributed by atoms with Crippen molar-refractivity contribution in [3.05, 3.63) is 78.1 Å². The van der Waals surface area contributed by atoms with E-state index < -0.39 is 0 Å². The van der Waals surface area contributed by atoms with E-state index in [2.05, 4.69) is 25.8 Å². The minimum atomic E-state index is -0.260. The molecule has 160 valence electrons. The third-order valence-corrected chi connectivity index (χ3v) is 5.26. The van der Waals surface area contributed by atoms with Crippen LogP contribution in [-0.4, -0.2) is 30.3 Å². The molecule has 0 aliphatic heterocycles. The van der Waals surface area contributed by atoms with Crippen molar-refractivity contribution in [2.45, 2.75) is 20.4 Å². The molecule has 0 aliphatic rings. The first-order valence-electron chi connectivity index (χ1n) is 10.1. The highest BCUT2D eigenvalue weighted by atomic mass is 19.1. The van der Waals surface area contributed by atoms with Gasteiger partial charge >= 0.3 is 0 Å². The number of rotatable bonds is 5. The highest BCUT2D eigenvalue weighted by molar-refractivity contribution is 5.93. The van der Waals surface area contributed by atoms with Crippen LogP contribution in [0.4, 0.5) is 21.6 Å². The Labute approximate surface area is 182 Å². The van der Waals surface area contributed by atoms with E-state index in [0.717, 1.165) is 33.2 Å². The fourth-order valence-electron chi connectivity index (χ4n) is 3.80. The lowest BCUT2D eigenvalue weighted by Crippen LogP contribution is -2.05. The second-order valence-corrected chi connectivity index (χ2v) is 7.58. The highest BCUT2D eigenvalue weighted by Crippen LogP contribution is 2.29. The van der Waals surface area contributed by atoms with Crippen LogP contribution in [0.1, 0.15) is 18.1 Å². The van der Waals surface area contributed by atoms with Crippen LogP contribution < -0.4 is 10.6 Å². The van der Waals surface area contributed by atoms with Crippen LogP contribution >= 0.6 is 0 Å². The number of carbonyl (C=O) groups excluding carboxylic acids is 1. The van der Waals surface area contributed by atoms with Crippen LogP contribution in [0, 0.1) is 12.7 Å². The standard InChI is InChI=1S/C23H20FN7O/c1-14-20(28-15(2)32)12-31-22(14)23(25-13-27-31)29-19-6-7-21-17(9-19)10-26-30(21)11-16-4-3-5-18(24)8-16/h3-10,12-13H,11H2,1-2H3,(H,28,32)(H,25,27,29). The summed E-state index contributed by atoms with van der Waals surface area (Å²) in [4.78, 5) is 15.9. The van der Waals surface area contributed by atoms with Gasteiger partial charge in [0.05, 0.1) is 30.1 Å². The van der Waals surface area contributed by atoms with Gasteiger partial charge in [0.15, 0.2) is 5.82 Å². The molecule has 0 bridgehead atoms. The van der Waals surface area contributed by atoms with Gasteiger partial charge in [0.1, 0.15) is 17.7 Å². The normalized spacial score (nSPS) is 11.2. The third-order valence-electron chi connectivity index (χ3n) is 5.26. The maximum atomic E-state index is 13.5. The van der Waals surface area contributed by atoms with Gasteiger partial charge in [-0.2, -0.15) is 10.2 Å². The Kier molecular flexibility index (Phi) is 4.78. The van der Waals surface area contributed by atoms with E-state index in [-0.39, 0.29) is 11.7 Å². The van der Waals surface area contributed by atoms with Crippen LogP contribution in [0.3, 0.4) is 0 Å². The molecule has 5 aromatic rings. The average molecular weight is 429 g/mol. The number of aromatic nitrogens is 5. The molecule has 0 saturated carbocycles. The summed E-state index contributed by atoms with van der Waals surface area (Å²) in [6.07, 6.45) is 5.01. The van der Waals surface area contributed by atoms with Gasteiger partial charge in [-0.1, -0.05) is 12.1 Å². The van der Waals surface area contributed by atoms with Crippen LogP contribution in [0.15, 0.2) is 61.2 Å². The number of nitrogens with one attached hydrogen (secondary N) is 2. The molecule has 0 aliphatic carbocycles. The first-order chi connectivity index (χ1) is 15.5. The monoisotopic (exact) mass is 429 g/mol. The molecule has 3 heterocycles. The Morgan fingerprint density at radius 3 is 2.84 bits per heavy atom. The third kappa shape index (κ3) is 3.64. The number of hydrogen-bond acceptors (Lipinski definition) is 5. The second kappa shape index (κ2) is 7.77. The lowest BCUT2D eigenvalue weighted by molar-refractivity contribution is -0.114. The summed E-state index contributed by atoms with van der Waals surface area (Å²) in [5, 5.41) is 15.8. The van der Waals surface area contributed by atoms with Gasteiger partial charge in [-0.05, 0) is 42.8 Å². The Morgan fingerprint density at radius 2 is 2.03 bits per heavy atom. The van der Waals surface area contributed by atoms with E-state index >= 15 is 0 Å². The molecule has 0 radical (unpaired) electrons. The van der Waals surface area contributed by atoms with Crippen LogP contribution in [-0.2, 0) is 11.3 Å². The van der Waals surface area contributed by atoms with Crippen molar-refractivity contribution in [1.29, 1.82) is 0 Å². The second-order valence-electron chi connectivity index (χ2n) is 7.58. The van der Waals surface area contributed by atoms with Crippen molar-refractivity contribution >= 4 is 39.5 Å². The topological polar surface area (TPSA) is 89.1 Å². The summed E-state index contributed by atoms with van der Waals surface area (Å²) >= 11 is 0. The van der Waals surface area contributed by atoms with E-state index in [1.165, 1.54) is 25.4 Å². The number of benzene rings is 2. The summed E-state index contributed by atoms with van der Waals surface area (Å²) < 4.78 is 17.0. The molecule has 0 atom stereocenters. The van der Waals surface area contributed by atoms with Crippen LogP contribution in [0.25, 0.3) is 16.4 Å². The number of halogens is 1. The maximum absolute atomic E-state index is 13.5. The number of fused-ring (bicyclic) bond motifs is 2. The number of nitrogens with zero attached hydrogens (tertiary/aromatic N) is 5. The Morgan fingerprint density at radius 1 is 1.16 bits per heavy atom. The van der Waals surface area contributed by atoms with E-state index in [4.69, 9.17) is 0 Å². The summed E-state index contributed by atoms with van der Waals surface area (Å²) in [5.41, 5.74) is 4.96. The molecular weight excluding hydrogens is 409 g/mol. The molecule has 32 heavy (non-hydrogen) atoms. The SMILES string of the molecule is CC(=O)Nc1cn2ncnc(Nc3ccc4c(cnn4Cc4cccc(F)c4)c3)c2c1C. The van der Waals surface area contributed by atoms with Crippen molar-refractivity contribution < 1.29 is 9.18 Å². The molecule has 2 aromatic carbocycles. The van der Waals surface area contributed by atoms with E-state index in [1.54, 1.807) is 23.0 Å². The molecular formula is C23H20FN7O. The molecule has 3 aromatic heterocycles. The van der Waals surface area contributed by atoms with Gasteiger partial charge in [-0.25, -0.2) is 13.9 Å². The molecule has 0 saturated heterocycles. The van der Waals surface area contributed by atoms with Crippen molar-refractivity contribution in [3.8, 4) is 0 Å². The maximum Gasteiger partial charge on any atom is 0.221 e. The van der Waals surface area contributed by atoms with Crippen molar-refractivity contribution in [2.75, 3.05) is 10.6 Å². The smallest absolute Gasteiger partial charge is 0.221 e. The molecule has 2 N–H and O–H groups in total. The van der Waals surface area contributed by atoms with Gasteiger partial charge < -0.3 is 10.6 Å². The summed E-state index contributed by atoms with van der Waals surface area (Å²) in [6.45, 7) is 3.86. The van der Waals surface area contributed by atoms with E-state index in [9.17, 15) is 9.18 Å². The number of hydrogen-bond donors (Lipinski definition) is 2. The summed E-state index contributed by atoms with van der Waals surface area (Å²) in [6, 6.07) is 12.4. The number of carbonyl (C=O) groups is 1. The van der Waals surface area contributed by atoms with Gasteiger partial charge in [-0.15, -0.1) is 0 Å². The molecule has 0 unspecified atom stereocenters. The van der Waals surface area contributed by atoms with Gasteiger partial charge in [0.2, 0.25) is 5.91 Å². The minimum Gasteiger partial charge on any atom is -0.338 e. The molecule has 1 amide bonds. The van der Waals surface area contributed by atoms with Gasteiger partial charge in [0, 0.05) is 23.6 Å². The average Bonchev–Trinajstić information content (AvgIpc) is 3.29. The fraction of sp³-hybridized carbons (Fsp3) is 0.130. The Bertz CT molecular complexity index is 1470. The van der Waals surface area contributed by atoms with Crippen LogP contribution in [0.2, 0.25) is 0 Å². The van der Waals surface area contributed by atoms with Gasteiger partial charge in [0.25, 0.3) is 0 Å². The summed E-state index contributed by atoms with van der Waals surface area (Å²) in [5.74, 6) is 0.219. The zero-order valence-electron chi connectivity index (χ0n) is 17.5. The van der Waals surface area contributed by atoms with E-state index in [0.29, 0.717) is 18.1 Å². The number of aryl methyl sites for hydroxylation is 1. The zero-order chi connectivity index (χ0) is 22.2. The van der Waals surface area contributed by atoms with Crippen LogP contribution in [0.5, 0.6) is 0 Å². The molecule has 9 heteroatoms. The van der Waals surface area contributed by atoms with E-state index in [1.807, 2.05) is 35.9 Å². The Balaban J connectivity index is 1.45. The zero-order valence-corrected chi connectivity index (χ0v) is 17.5. The fourth-order valence-corrected chi connectivity index (χ4v) is 3.80. The lowest BCUT2D eigenvalue weighted by atomic mass is 10.2. The summed E-state index contributed by atoms with van der Waals surface area (Å²) in [7, 11) is 0. The van der Waals surface area contributed by atoms with Crippen molar-refractivity contribution in [2.24, 2.45) is 0 Å². The largest absolute Gasteiger partial charge is 0.338 e.